The number of hydrogen-bond acceptors (Lipinski definition) is 5. The SMILES string of the molecule is CCCC1CN=C(NCCc2ncn(C)n2)S1. The van der Waals surface area contributed by atoms with Crippen LogP contribution in [-0.4, -0.2) is 38.3 Å². The highest BCUT2D eigenvalue weighted by molar-refractivity contribution is 8.14. The van der Waals surface area contributed by atoms with Crippen LogP contribution in [0.5, 0.6) is 0 Å². The Bertz CT molecular complexity index is 387. The van der Waals surface area contributed by atoms with E-state index in [1.54, 1.807) is 11.0 Å². The maximum atomic E-state index is 4.49. The third kappa shape index (κ3) is 3.73. The average Bonchev–Trinajstić information content (AvgIpc) is 2.89. The fraction of sp³-hybridized carbons (Fsp3) is 0.727. The fourth-order valence-corrected chi connectivity index (χ4v) is 2.92. The zero-order valence-electron chi connectivity index (χ0n) is 10.4. The maximum Gasteiger partial charge on any atom is 0.156 e. The minimum Gasteiger partial charge on any atom is -0.364 e. The van der Waals surface area contributed by atoms with E-state index in [-0.39, 0.29) is 0 Å². The quantitative estimate of drug-likeness (QED) is 0.857. The van der Waals surface area contributed by atoms with Gasteiger partial charge in [-0.05, 0) is 6.42 Å². The molecule has 0 aliphatic carbocycles. The van der Waals surface area contributed by atoms with E-state index >= 15 is 0 Å². The fourth-order valence-electron chi connectivity index (χ4n) is 1.77. The van der Waals surface area contributed by atoms with Gasteiger partial charge in [0.05, 0.1) is 6.54 Å². The number of aliphatic imine (C=N–C) groups is 1. The number of amidine groups is 1. The Balaban J connectivity index is 1.66. The molecule has 0 spiro atoms. The molecule has 0 aromatic carbocycles. The normalized spacial score (nSPS) is 19.4. The summed E-state index contributed by atoms with van der Waals surface area (Å²) in [6.07, 6.45) is 5.06. The van der Waals surface area contributed by atoms with Gasteiger partial charge in [0.1, 0.15) is 6.33 Å². The van der Waals surface area contributed by atoms with Gasteiger partial charge in [-0.15, -0.1) is 0 Å². The molecular formula is C11H19N5S. The highest BCUT2D eigenvalue weighted by Crippen LogP contribution is 2.23. The van der Waals surface area contributed by atoms with Crippen molar-refractivity contribution in [2.24, 2.45) is 12.0 Å². The molecule has 0 fully saturated rings. The summed E-state index contributed by atoms with van der Waals surface area (Å²) in [5.74, 6) is 0.883. The molecule has 1 aliphatic rings. The molecule has 1 unspecified atom stereocenters. The molecule has 2 rings (SSSR count). The van der Waals surface area contributed by atoms with E-state index in [0.717, 1.165) is 30.5 Å². The molecule has 1 aliphatic heterocycles. The molecule has 0 bridgehead atoms. The number of thioether (sulfide) groups is 1. The van der Waals surface area contributed by atoms with E-state index in [9.17, 15) is 0 Å². The topological polar surface area (TPSA) is 55.1 Å². The first kappa shape index (κ1) is 12.4. The van der Waals surface area contributed by atoms with E-state index in [1.165, 1.54) is 12.8 Å². The highest BCUT2D eigenvalue weighted by atomic mass is 32.2. The van der Waals surface area contributed by atoms with Crippen LogP contribution in [0.3, 0.4) is 0 Å². The predicted molar refractivity (Wildman–Crippen MR) is 71.3 cm³/mol. The Morgan fingerprint density at radius 2 is 2.47 bits per heavy atom. The monoisotopic (exact) mass is 253 g/mol. The van der Waals surface area contributed by atoms with Crippen LogP contribution >= 0.6 is 11.8 Å². The van der Waals surface area contributed by atoms with Gasteiger partial charge in [-0.25, -0.2) is 4.98 Å². The second-order valence-electron chi connectivity index (χ2n) is 4.19. The van der Waals surface area contributed by atoms with Crippen molar-refractivity contribution >= 4 is 16.9 Å². The summed E-state index contributed by atoms with van der Waals surface area (Å²) in [4.78, 5) is 8.68. The maximum absolute atomic E-state index is 4.49. The van der Waals surface area contributed by atoms with E-state index in [2.05, 4.69) is 27.3 Å². The lowest BCUT2D eigenvalue weighted by Crippen LogP contribution is -2.22. The molecule has 94 valence electrons. The van der Waals surface area contributed by atoms with E-state index < -0.39 is 0 Å². The minimum absolute atomic E-state index is 0.676. The van der Waals surface area contributed by atoms with Crippen LogP contribution in [0.1, 0.15) is 25.6 Å². The van der Waals surface area contributed by atoms with Gasteiger partial charge in [0.2, 0.25) is 0 Å². The molecule has 1 N–H and O–H groups in total. The summed E-state index contributed by atoms with van der Waals surface area (Å²) in [6.45, 7) is 4.04. The van der Waals surface area contributed by atoms with Crippen LogP contribution in [0.2, 0.25) is 0 Å². The molecule has 0 amide bonds. The zero-order valence-corrected chi connectivity index (χ0v) is 11.2. The Morgan fingerprint density at radius 1 is 1.59 bits per heavy atom. The van der Waals surface area contributed by atoms with Gasteiger partial charge in [0.25, 0.3) is 0 Å². The van der Waals surface area contributed by atoms with Gasteiger partial charge in [0.15, 0.2) is 11.0 Å². The van der Waals surface area contributed by atoms with Crippen LogP contribution in [0, 0.1) is 0 Å². The molecule has 0 saturated carbocycles. The lowest BCUT2D eigenvalue weighted by atomic mass is 10.2. The Labute approximate surface area is 106 Å². The summed E-state index contributed by atoms with van der Waals surface area (Å²) in [6, 6.07) is 0. The van der Waals surface area contributed by atoms with Crippen molar-refractivity contribution in [2.45, 2.75) is 31.4 Å². The predicted octanol–water partition coefficient (Wildman–Crippen LogP) is 1.22. The molecular weight excluding hydrogens is 234 g/mol. The molecule has 1 atom stereocenters. The number of aryl methyl sites for hydroxylation is 1. The first-order chi connectivity index (χ1) is 8.28. The highest BCUT2D eigenvalue weighted by Gasteiger charge is 2.18. The summed E-state index contributed by atoms with van der Waals surface area (Å²) in [5.41, 5.74) is 0. The van der Waals surface area contributed by atoms with Crippen molar-refractivity contribution in [1.29, 1.82) is 0 Å². The molecule has 5 nitrogen and oxygen atoms in total. The minimum atomic E-state index is 0.676. The summed E-state index contributed by atoms with van der Waals surface area (Å²) >= 11 is 1.87. The first-order valence-electron chi connectivity index (χ1n) is 6.07. The van der Waals surface area contributed by atoms with Crippen LogP contribution in [0.15, 0.2) is 11.3 Å². The lowest BCUT2D eigenvalue weighted by molar-refractivity contribution is 0.730. The summed E-state index contributed by atoms with van der Waals surface area (Å²) in [7, 11) is 1.89. The van der Waals surface area contributed by atoms with Gasteiger partial charge < -0.3 is 5.32 Å². The number of aromatic nitrogens is 3. The van der Waals surface area contributed by atoms with E-state index in [1.807, 2.05) is 18.8 Å². The van der Waals surface area contributed by atoms with Crippen molar-refractivity contribution in [3.05, 3.63) is 12.2 Å². The smallest absolute Gasteiger partial charge is 0.156 e. The van der Waals surface area contributed by atoms with Gasteiger partial charge in [0, 0.05) is 25.3 Å². The lowest BCUT2D eigenvalue weighted by Gasteiger charge is -2.06. The summed E-state index contributed by atoms with van der Waals surface area (Å²) < 4.78 is 1.73. The van der Waals surface area contributed by atoms with Gasteiger partial charge in [-0.3, -0.25) is 9.67 Å². The molecule has 0 saturated heterocycles. The molecule has 1 aromatic rings. The largest absolute Gasteiger partial charge is 0.364 e. The Hall–Kier alpha value is -1.04. The first-order valence-corrected chi connectivity index (χ1v) is 6.95. The third-order valence-electron chi connectivity index (χ3n) is 2.60. The van der Waals surface area contributed by atoms with Crippen molar-refractivity contribution in [3.63, 3.8) is 0 Å². The van der Waals surface area contributed by atoms with Gasteiger partial charge in [-0.2, -0.15) is 5.10 Å². The number of rotatable bonds is 5. The van der Waals surface area contributed by atoms with Crippen LogP contribution in [0.4, 0.5) is 0 Å². The van der Waals surface area contributed by atoms with Crippen LogP contribution < -0.4 is 5.32 Å². The molecule has 2 heterocycles. The molecule has 0 radical (unpaired) electrons. The zero-order chi connectivity index (χ0) is 12.1. The second kappa shape index (κ2) is 6.05. The second-order valence-corrected chi connectivity index (χ2v) is 5.47. The van der Waals surface area contributed by atoms with Crippen LogP contribution in [-0.2, 0) is 13.5 Å². The van der Waals surface area contributed by atoms with Crippen LogP contribution in [0.25, 0.3) is 0 Å². The number of hydrogen-bond donors (Lipinski definition) is 1. The van der Waals surface area contributed by atoms with Crippen molar-refractivity contribution < 1.29 is 0 Å². The van der Waals surface area contributed by atoms with E-state index in [4.69, 9.17) is 0 Å². The molecule has 6 heteroatoms. The number of nitrogens with one attached hydrogen (secondary N) is 1. The van der Waals surface area contributed by atoms with Crippen molar-refractivity contribution in [3.8, 4) is 0 Å². The third-order valence-corrected chi connectivity index (χ3v) is 3.81. The Kier molecular flexibility index (Phi) is 4.42. The van der Waals surface area contributed by atoms with E-state index in [0.29, 0.717) is 5.25 Å². The number of nitrogens with zero attached hydrogens (tertiary/aromatic N) is 4. The van der Waals surface area contributed by atoms with Gasteiger partial charge >= 0.3 is 0 Å². The molecule has 1 aromatic heterocycles. The summed E-state index contributed by atoms with van der Waals surface area (Å²) in [5, 5.41) is 9.35. The van der Waals surface area contributed by atoms with Gasteiger partial charge in [-0.1, -0.05) is 25.1 Å². The molecule has 17 heavy (non-hydrogen) atoms. The average molecular weight is 253 g/mol. The van der Waals surface area contributed by atoms with Crippen molar-refractivity contribution in [1.82, 2.24) is 20.1 Å². The Morgan fingerprint density at radius 3 is 3.18 bits per heavy atom. The van der Waals surface area contributed by atoms with Crippen molar-refractivity contribution in [2.75, 3.05) is 13.1 Å². The standard InChI is InChI=1S/C11H19N5S/c1-3-4-9-7-13-11(17-9)12-6-5-10-14-8-16(2)15-10/h8-9H,3-7H2,1-2H3,(H,12,13).